The number of amides is 1. The van der Waals surface area contributed by atoms with Crippen molar-refractivity contribution in [2.75, 3.05) is 17.2 Å². The van der Waals surface area contributed by atoms with E-state index < -0.39 is 0 Å². The number of nitrogens with one attached hydrogen (secondary N) is 2. The molecule has 1 aliphatic heterocycles. The second kappa shape index (κ2) is 6.48. The average molecular weight is 290 g/mol. The molecule has 0 saturated carbocycles. The van der Waals surface area contributed by atoms with Gasteiger partial charge in [0.15, 0.2) is 0 Å². The van der Waals surface area contributed by atoms with Crippen molar-refractivity contribution in [2.45, 2.75) is 52.2 Å². The Morgan fingerprint density at radius 3 is 2.71 bits per heavy atom. The summed E-state index contributed by atoms with van der Waals surface area (Å²) in [6, 6.07) is 8.31. The van der Waals surface area contributed by atoms with E-state index in [1.54, 1.807) is 0 Å². The largest absolute Gasteiger partial charge is 0.382 e. The Kier molecular flexibility index (Phi) is 4.88. The van der Waals surface area contributed by atoms with E-state index in [4.69, 9.17) is 4.74 Å². The van der Waals surface area contributed by atoms with Crippen LogP contribution in [0.3, 0.4) is 0 Å². The first-order chi connectivity index (χ1) is 9.85. The number of carbonyl (C=O) groups is 1. The van der Waals surface area contributed by atoms with Gasteiger partial charge in [-0.15, -0.1) is 0 Å². The predicted molar refractivity (Wildman–Crippen MR) is 86.6 cm³/mol. The summed E-state index contributed by atoms with van der Waals surface area (Å²) in [5, 5.41) is 6.48. The van der Waals surface area contributed by atoms with Crippen molar-refractivity contribution in [1.29, 1.82) is 0 Å². The van der Waals surface area contributed by atoms with Crippen molar-refractivity contribution in [1.82, 2.24) is 0 Å². The van der Waals surface area contributed by atoms with E-state index in [2.05, 4.69) is 24.5 Å². The van der Waals surface area contributed by atoms with Gasteiger partial charge in [0.2, 0.25) is 5.91 Å². The summed E-state index contributed by atoms with van der Waals surface area (Å²) < 4.78 is 5.74. The van der Waals surface area contributed by atoms with Crippen molar-refractivity contribution in [3.8, 4) is 0 Å². The lowest BCUT2D eigenvalue weighted by atomic mass is 9.94. The lowest BCUT2D eigenvalue weighted by Gasteiger charge is -2.36. The van der Waals surface area contributed by atoms with Crippen molar-refractivity contribution in [3.05, 3.63) is 24.3 Å². The van der Waals surface area contributed by atoms with Crippen molar-refractivity contribution in [2.24, 2.45) is 5.92 Å². The molecule has 4 heteroatoms. The Morgan fingerprint density at radius 1 is 1.33 bits per heavy atom. The monoisotopic (exact) mass is 290 g/mol. The predicted octanol–water partition coefficient (Wildman–Crippen LogP) is 3.65. The molecule has 1 heterocycles. The van der Waals surface area contributed by atoms with Gasteiger partial charge in [-0.1, -0.05) is 19.9 Å². The normalized spacial score (nSPS) is 21.1. The molecule has 0 bridgehead atoms. The maximum Gasteiger partial charge on any atom is 0.226 e. The summed E-state index contributed by atoms with van der Waals surface area (Å²) in [6.45, 7) is 8.82. The van der Waals surface area contributed by atoms with Crippen LogP contribution < -0.4 is 10.6 Å². The van der Waals surface area contributed by atoms with Gasteiger partial charge in [-0.3, -0.25) is 4.79 Å². The van der Waals surface area contributed by atoms with Gasteiger partial charge in [-0.2, -0.15) is 0 Å². The van der Waals surface area contributed by atoms with Crippen LogP contribution in [-0.2, 0) is 9.53 Å². The van der Waals surface area contributed by atoms with Crippen LogP contribution in [0.5, 0.6) is 0 Å². The standard InChI is InChI=1S/C17H26N2O2/c1-12(2)16(20)19-14-7-5-6-13(10-14)18-15-8-9-21-17(3,4)11-15/h5-7,10,12,15,18H,8-9,11H2,1-4H3,(H,19,20). The summed E-state index contributed by atoms with van der Waals surface area (Å²) in [6.07, 6.45) is 1.99. The molecule has 1 amide bonds. The Balaban J connectivity index is 1.99. The molecule has 0 spiro atoms. The SMILES string of the molecule is CC(C)C(=O)Nc1cccc(NC2CCOC(C)(C)C2)c1. The lowest BCUT2D eigenvalue weighted by Crippen LogP contribution is -2.40. The van der Waals surface area contributed by atoms with Gasteiger partial charge in [-0.05, 0) is 44.9 Å². The third kappa shape index (κ3) is 4.74. The molecule has 0 aromatic heterocycles. The van der Waals surface area contributed by atoms with E-state index in [0.29, 0.717) is 6.04 Å². The molecule has 21 heavy (non-hydrogen) atoms. The van der Waals surface area contributed by atoms with Gasteiger partial charge < -0.3 is 15.4 Å². The minimum absolute atomic E-state index is 0.0158. The number of rotatable bonds is 4. The molecular weight excluding hydrogens is 264 g/mol. The number of anilines is 2. The van der Waals surface area contributed by atoms with Crippen LogP contribution in [0.25, 0.3) is 0 Å². The molecule has 1 unspecified atom stereocenters. The average Bonchev–Trinajstić information content (AvgIpc) is 2.37. The summed E-state index contributed by atoms with van der Waals surface area (Å²) in [5.41, 5.74) is 1.81. The molecule has 1 aromatic carbocycles. The zero-order valence-corrected chi connectivity index (χ0v) is 13.4. The highest BCUT2D eigenvalue weighted by Gasteiger charge is 2.28. The topological polar surface area (TPSA) is 50.4 Å². The first kappa shape index (κ1) is 15.8. The number of ether oxygens (including phenoxy) is 1. The van der Waals surface area contributed by atoms with Crippen LogP contribution >= 0.6 is 0 Å². The van der Waals surface area contributed by atoms with E-state index >= 15 is 0 Å². The Bertz CT molecular complexity index is 497. The third-order valence-electron chi connectivity index (χ3n) is 3.72. The second-order valence-corrected chi connectivity index (χ2v) is 6.67. The Morgan fingerprint density at radius 2 is 2.05 bits per heavy atom. The lowest BCUT2D eigenvalue weighted by molar-refractivity contribution is -0.118. The number of hydrogen-bond donors (Lipinski definition) is 2. The van der Waals surface area contributed by atoms with Gasteiger partial charge in [0.05, 0.1) is 5.60 Å². The van der Waals surface area contributed by atoms with Crippen LogP contribution in [0.1, 0.15) is 40.5 Å². The first-order valence-electron chi connectivity index (χ1n) is 7.67. The van der Waals surface area contributed by atoms with E-state index in [9.17, 15) is 4.79 Å². The first-order valence-corrected chi connectivity index (χ1v) is 7.67. The van der Waals surface area contributed by atoms with Gasteiger partial charge in [0.25, 0.3) is 0 Å². The fourth-order valence-electron chi connectivity index (χ4n) is 2.56. The summed E-state index contributed by atoms with van der Waals surface area (Å²) in [5.74, 6) is 0.0252. The fraction of sp³-hybridized carbons (Fsp3) is 0.588. The fourth-order valence-corrected chi connectivity index (χ4v) is 2.56. The summed E-state index contributed by atoms with van der Waals surface area (Å²) >= 11 is 0. The summed E-state index contributed by atoms with van der Waals surface area (Å²) in [4.78, 5) is 11.8. The molecule has 1 aliphatic rings. The number of hydrogen-bond acceptors (Lipinski definition) is 3. The molecule has 1 fully saturated rings. The second-order valence-electron chi connectivity index (χ2n) is 6.67. The maximum atomic E-state index is 11.8. The van der Waals surface area contributed by atoms with Crippen molar-refractivity contribution < 1.29 is 9.53 Å². The quantitative estimate of drug-likeness (QED) is 0.890. The summed E-state index contributed by atoms with van der Waals surface area (Å²) in [7, 11) is 0. The molecule has 2 rings (SSSR count). The van der Waals surface area contributed by atoms with Crippen LogP contribution in [0.2, 0.25) is 0 Å². The van der Waals surface area contributed by atoms with Gasteiger partial charge >= 0.3 is 0 Å². The zero-order chi connectivity index (χ0) is 15.5. The minimum atomic E-state index is -0.0701. The van der Waals surface area contributed by atoms with Crippen LogP contribution in [0.4, 0.5) is 11.4 Å². The highest BCUT2D eigenvalue weighted by Crippen LogP contribution is 2.27. The molecule has 116 valence electrons. The molecule has 1 atom stereocenters. The van der Waals surface area contributed by atoms with E-state index in [1.165, 1.54) is 0 Å². The highest BCUT2D eigenvalue weighted by atomic mass is 16.5. The highest BCUT2D eigenvalue weighted by molar-refractivity contribution is 5.92. The Hall–Kier alpha value is -1.55. The van der Waals surface area contributed by atoms with Crippen molar-refractivity contribution in [3.63, 3.8) is 0 Å². The zero-order valence-electron chi connectivity index (χ0n) is 13.4. The van der Waals surface area contributed by atoms with Crippen LogP contribution in [0.15, 0.2) is 24.3 Å². The van der Waals surface area contributed by atoms with Crippen molar-refractivity contribution >= 4 is 17.3 Å². The maximum absolute atomic E-state index is 11.8. The van der Waals surface area contributed by atoms with Gasteiger partial charge in [-0.25, -0.2) is 0 Å². The van der Waals surface area contributed by atoms with E-state index in [1.807, 2.05) is 38.1 Å². The number of carbonyl (C=O) groups excluding carboxylic acids is 1. The molecule has 0 radical (unpaired) electrons. The molecule has 1 aromatic rings. The molecule has 0 aliphatic carbocycles. The smallest absolute Gasteiger partial charge is 0.226 e. The van der Waals surface area contributed by atoms with E-state index in [-0.39, 0.29) is 17.4 Å². The minimum Gasteiger partial charge on any atom is -0.382 e. The molecule has 4 nitrogen and oxygen atoms in total. The third-order valence-corrected chi connectivity index (χ3v) is 3.72. The van der Waals surface area contributed by atoms with Crippen LogP contribution in [-0.4, -0.2) is 24.2 Å². The number of benzene rings is 1. The molecule has 2 N–H and O–H groups in total. The van der Waals surface area contributed by atoms with Gasteiger partial charge in [0, 0.05) is 29.9 Å². The van der Waals surface area contributed by atoms with Crippen LogP contribution in [0, 0.1) is 5.92 Å². The van der Waals surface area contributed by atoms with Gasteiger partial charge in [0.1, 0.15) is 0 Å². The molecule has 1 saturated heterocycles. The molecular formula is C17H26N2O2. The van der Waals surface area contributed by atoms with E-state index in [0.717, 1.165) is 30.8 Å². The Labute approximate surface area is 127 Å².